The van der Waals surface area contributed by atoms with Gasteiger partial charge in [-0.25, -0.2) is 4.79 Å². The van der Waals surface area contributed by atoms with Crippen LogP contribution in [0.2, 0.25) is 0 Å². The smallest absolute Gasteiger partial charge is 0.450 e. The first-order chi connectivity index (χ1) is 11.6. The third-order valence-corrected chi connectivity index (χ3v) is 4.48. The van der Waals surface area contributed by atoms with Crippen molar-refractivity contribution in [2.75, 3.05) is 19.7 Å². The van der Waals surface area contributed by atoms with Gasteiger partial charge in [0.15, 0.2) is 0 Å². The molecule has 1 aliphatic heterocycles. The van der Waals surface area contributed by atoms with Crippen LogP contribution in [0.15, 0.2) is 12.3 Å². The Kier molecular flexibility index (Phi) is 13.4. The fraction of sp³-hybridized carbons (Fsp3) is 0.684. The normalized spacial score (nSPS) is 16.2. The molecular weight excluding hydrogens is 325 g/mol. The maximum Gasteiger partial charge on any atom is 1.00 e. The van der Waals surface area contributed by atoms with E-state index in [1.807, 2.05) is 35.8 Å². The van der Waals surface area contributed by atoms with Gasteiger partial charge in [0.1, 0.15) is 0 Å². The monoisotopic (exact) mass is 358 g/mol. The Balaban J connectivity index is 0.000000449. The van der Waals surface area contributed by atoms with Gasteiger partial charge in [0, 0.05) is 32.0 Å². The fourth-order valence-corrected chi connectivity index (χ4v) is 3.08. The molecule has 0 N–H and O–H groups in total. The molecule has 1 saturated heterocycles. The summed E-state index contributed by atoms with van der Waals surface area (Å²) in [5.41, 5.74) is 1.23. The molecule has 5 nitrogen and oxygen atoms in total. The molecule has 1 atom stereocenters. The van der Waals surface area contributed by atoms with Crippen LogP contribution >= 0.6 is 0 Å². The van der Waals surface area contributed by atoms with E-state index in [1.54, 1.807) is 0 Å². The number of amides is 1. The molecule has 0 aliphatic carbocycles. The van der Waals surface area contributed by atoms with E-state index in [0.29, 0.717) is 18.4 Å². The van der Waals surface area contributed by atoms with Crippen LogP contribution in [0.3, 0.4) is 0 Å². The molecule has 1 aromatic rings. The first kappa shape index (κ1) is 24.5. The maximum atomic E-state index is 11.3. The van der Waals surface area contributed by atoms with Crippen molar-refractivity contribution >= 4 is 6.09 Å². The van der Waals surface area contributed by atoms with E-state index in [2.05, 4.69) is 25.9 Å². The number of rotatable bonds is 6. The molecule has 1 aromatic heterocycles. The van der Waals surface area contributed by atoms with E-state index in [4.69, 9.17) is 4.74 Å². The number of hydrogen-bond donors (Lipinski definition) is 0. The van der Waals surface area contributed by atoms with Gasteiger partial charge in [0.2, 0.25) is 0 Å². The van der Waals surface area contributed by atoms with Gasteiger partial charge >= 0.3 is 35.7 Å². The summed E-state index contributed by atoms with van der Waals surface area (Å²) >= 11 is 0. The van der Waals surface area contributed by atoms with Gasteiger partial charge in [-0.15, -0.1) is 0 Å². The molecule has 25 heavy (non-hydrogen) atoms. The quantitative estimate of drug-likeness (QED) is 0.567. The molecule has 0 saturated carbocycles. The molecule has 2 heterocycles. The van der Waals surface area contributed by atoms with Crippen molar-refractivity contribution < 1.29 is 39.1 Å². The molecule has 2 rings (SSSR count). The van der Waals surface area contributed by atoms with Crippen molar-refractivity contribution in [1.82, 2.24) is 14.7 Å². The van der Waals surface area contributed by atoms with Crippen LogP contribution in [0.25, 0.3) is 0 Å². The van der Waals surface area contributed by atoms with Crippen LogP contribution in [0.4, 0.5) is 4.79 Å². The largest absolute Gasteiger partial charge is 1.00 e. The first-order valence-electron chi connectivity index (χ1n) is 9.05. The second-order valence-corrected chi connectivity index (χ2v) is 6.24. The van der Waals surface area contributed by atoms with E-state index < -0.39 is 0 Å². The number of likely N-dealkylation sites (tertiary alicyclic amines) is 1. The predicted molar refractivity (Wildman–Crippen MR) is 97.5 cm³/mol. The standard InChI is InChI=1S/C10H19NO2.C9H14N2.Na/c1-3-5-9-6-7-11(8-9)10(12)13-4-2;1-4-8(5-2)9-6-7-10-11(9)3;/h9H,3-8H2,1-2H3;6-8H,1-2,4-5H2,3H3;/q;-2;+1. The molecular formula is C19H33N3NaO2-. The van der Waals surface area contributed by atoms with Gasteiger partial charge in [-0.3, -0.25) is 4.68 Å². The molecule has 1 fully saturated rings. The number of carbonyl (C=O) groups excluding carboxylic acids is 1. The fourth-order valence-electron chi connectivity index (χ4n) is 3.08. The van der Waals surface area contributed by atoms with Gasteiger partial charge < -0.3 is 23.5 Å². The summed E-state index contributed by atoms with van der Waals surface area (Å²) in [6.07, 6.45) is 7.05. The van der Waals surface area contributed by atoms with E-state index >= 15 is 0 Å². The second kappa shape index (κ2) is 13.7. The Morgan fingerprint density at radius 1 is 1.40 bits per heavy atom. The average Bonchev–Trinajstić information content (AvgIpc) is 3.20. The first-order valence-corrected chi connectivity index (χ1v) is 9.05. The van der Waals surface area contributed by atoms with E-state index in [0.717, 1.165) is 32.4 Å². The minimum absolute atomic E-state index is 0. The summed E-state index contributed by atoms with van der Waals surface area (Å²) in [7, 11) is 1.95. The van der Waals surface area contributed by atoms with E-state index in [9.17, 15) is 4.79 Å². The third-order valence-electron chi connectivity index (χ3n) is 4.48. The van der Waals surface area contributed by atoms with Crippen molar-refractivity contribution in [3.63, 3.8) is 0 Å². The summed E-state index contributed by atoms with van der Waals surface area (Å²) in [6.45, 7) is 14.0. The second-order valence-electron chi connectivity index (χ2n) is 6.24. The zero-order valence-electron chi connectivity index (χ0n) is 16.5. The van der Waals surface area contributed by atoms with Gasteiger partial charge in [-0.1, -0.05) is 19.3 Å². The van der Waals surface area contributed by atoms with Crippen molar-refractivity contribution in [2.24, 2.45) is 13.0 Å². The zero-order valence-corrected chi connectivity index (χ0v) is 18.5. The topological polar surface area (TPSA) is 47.4 Å². The van der Waals surface area contributed by atoms with E-state index in [-0.39, 0.29) is 35.7 Å². The number of aromatic nitrogens is 2. The maximum absolute atomic E-state index is 11.3. The minimum Gasteiger partial charge on any atom is -0.450 e. The minimum atomic E-state index is -0.138. The summed E-state index contributed by atoms with van der Waals surface area (Å²) in [5.74, 6) is 1.16. The number of aryl methyl sites for hydroxylation is 1. The molecule has 1 unspecified atom stereocenters. The van der Waals surface area contributed by atoms with Crippen LogP contribution in [-0.2, 0) is 11.8 Å². The molecule has 0 spiro atoms. The van der Waals surface area contributed by atoms with Crippen LogP contribution in [0.1, 0.15) is 57.6 Å². The number of carbonyl (C=O) groups is 1. The molecule has 6 heteroatoms. The van der Waals surface area contributed by atoms with E-state index in [1.165, 1.54) is 18.5 Å². The van der Waals surface area contributed by atoms with Crippen molar-refractivity contribution in [3.8, 4) is 0 Å². The van der Waals surface area contributed by atoms with Crippen molar-refractivity contribution in [3.05, 3.63) is 31.8 Å². The Morgan fingerprint density at radius 3 is 2.56 bits per heavy atom. The van der Waals surface area contributed by atoms with Crippen LogP contribution in [-0.4, -0.2) is 40.5 Å². The number of ether oxygens (including phenoxy) is 1. The average molecular weight is 358 g/mol. The van der Waals surface area contributed by atoms with Crippen LogP contribution in [0.5, 0.6) is 0 Å². The Labute approximate surface area is 175 Å². The zero-order chi connectivity index (χ0) is 17.9. The predicted octanol–water partition coefficient (Wildman–Crippen LogP) is 1.22. The molecule has 1 amide bonds. The van der Waals surface area contributed by atoms with Crippen molar-refractivity contribution in [1.29, 1.82) is 0 Å². The Bertz CT molecular complexity index is 475. The van der Waals surface area contributed by atoms with Gasteiger partial charge in [0.25, 0.3) is 0 Å². The molecule has 0 bridgehead atoms. The van der Waals surface area contributed by atoms with Gasteiger partial charge in [0.05, 0.1) is 6.61 Å². The number of hydrogen-bond acceptors (Lipinski definition) is 3. The van der Waals surface area contributed by atoms with Gasteiger partial charge in [-0.2, -0.15) is 17.9 Å². The SMILES string of the molecule is CCCC1CCN(C(=O)OCC)C1.[CH2-]CC(C[CH2-])c1ccnn1C.[Na+]. The van der Waals surface area contributed by atoms with Gasteiger partial charge in [-0.05, 0) is 31.7 Å². The third kappa shape index (κ3) is 8.14. The summed E-state index contributed by atoms with van der Waals surface area (Å²) in [4.78, 5) is 13.1. The van der Waals surface area contributed by atoms with Crippen LogP contribution in [0, 0.1) is 19.8 Å². The Morgan fingerprint density at radius 2 is 2.08 bits per heavy atom. The summed E-state index contributed by atoms with van der Waals surface area (Å²) in [6, 6.07) is 2.03. The summed E-state index contributed by atoms with van der Waals surface area (Å²) in [5, 5.41) is 4.09. The molecule has 138 valence electrons. The molecule has 0 aromatic carbocycles. The summed E-state index contributed by atoms with van der Waals surface area (Å²) < 4.78 is 6.83. The van der Waals surface area contributed by atoms with Crippen molar-refractivity contribution in [2.45, 2.75) is 51.9 Å². The Hall–Kier alpha value is -0.520. The van der Waals surface area contributed by atoms with Crippen LogP contribution < -0.4 is 29.6 Å². The number of nitrogens with zero attached hydrogens (tertiary/aromatic N) is 3. The molecule has 0 radical (unpaired) electrons. The molecule has 1 aliphatic rings.